The zero-order valence-electron chi connectivity index (χ0n) is 9.44. The number of phenolic OH excluding ortho intramolecular Hbond substituents is 1. The summed E-state index contributed by atoms with van der Waals surface area (Å²) in [4.78, 5) is 2.18. The minimum atomic E-state index is 0.308. The molecular formula is C12H19NO2. The molecule has 0 aliphatic heterocycles. The van der Waals surface area contributed by atoms with E-state index in [0.717, 1.165) is 32.0 Å². The van der Waals surface area contributed by atoms with Gasteiger partial charge in [0.2, 0.25) is 0 Å². The van der Waals surface area contributed by atoms with Gasteiger partial charge in [-0.2, -0.15) is 0 Å². The molecule has 0 aliphatic carbocycles. The first-order valence-corrected chi connectivity index (χ1v) is 5.39. The lowest BCUT2D eigenvalue weighted by Gasteiger charge is -2.22. The third kappa shape index (κ3) is 3.80. The maximum atomic E-state index is 9.37. The van der Waals surface area contributed by atoms with Crippen LogP contribution >= 0.6 is 0 Å². The monoisotopic (exact) mass is 209 g/mol. The first-order valence-electron chi connectivity index (χ1n) is 5.39. The van der Waals surface area contributed by atoms with Gasteiger partial charge in [-0.05, 0) is 26.0 Å². The van der Waals surface area contributed by atoms with Gasteiger partial charge in [0.1, 0.15) is 5.75 Å². The maximum Gasteiger partial charge on any atom is 0.117 e. The van der Waals surface area contributed by atoms with Crippen LogP contribution in [-0.4, -0.2) is 31.4 Å². The largest absolute Gasteiger partial charge is 0.508 e. The summed E-state index contributed by atoms with van der Waals surface area (Å²) < 4.78 is 5.31. The lowest BCUT2D eigenvalue weighted by Crippen LogP contribution is -2.26. The van der Waals surface area contributed by atoms with Crippen LogP contribution in [0.5, 0.6) is 5.75 Å². The standard InChI is InChI=1S/C12H19NO2/c1-3-13(8-9-15-4-2)11-6-5-7-12(14)10-11/h5-7,10,14H,3-4,8-9H2,1-2H3. The molecule has 0 saturated carbocycles. The topological polar surface area (TPSA) is 32.7 Å². The first-order chi connectivity index (χ1) is 7.27. The van der Waals surface area contributed by atoms with Crippen LogP contribution in [0.2, 0.25) is 0 Å². The quantitative estimate of drug-likeness (QED) is 0.729. The maximum absolute atomic E-state index is 9.37. The molecule has 0 aliphatic rings. The Morgan fingerprint density at radius 2 is 2.13 bits per heavy atom. The Bertz CT molecular complexity index is 289. The number of hydrogen-bond acceptors (Lipinski definition) is 3. The van der Waals surface area contributed by atoms with E-state index < -0.39 is 0 Å². The number of aromatic hydroxyl groups is 1. The van der Waals surface area contributed by atoms with E-state index in [0.29, 0.717) is 5.75 Å². The molecule has 0 saturated heterocycles. The first kappa shape index (κ1) is 11.9. The molecule has 1 aromatic rings. The van der Waals surface area contributed by atoms with E-state index in [1.165, 1.54) is 0 Å². The lowest BCUT2D eigenvalue weighted by atomic mass is 10.2. The number of ether oxygens (including phenoxy) is 1. The summed E-state index contributed by atoms with van der Waals surface area (Å²) in [6, 6.07) is 7.30. The second-order valence-corrected chi connectivity index (χ2v) is 3.30. The highest BCUT2D eigenvalue weighted by molar-refractivity contribution is 5.50. The smallest absolute Gasteiger partial charge is 0.117 e. The molecule has 3 nitrogen and oxygen atoms in total. The number of nitrogens with zero attached hydrogens (tertiary/aromatic N) is 1. The van der Waals surface area contributed by atoms with E-state index in [1.807, 2.05) is 19.1 Å². The van der Waals surface area contributed by atoms with Crippen LogP contribution in [0, 0.1) is 0 Å². The molecular weight excluding hydrogens is 190 g/mol. The Labute approximate surface area is 91.3 Å². The van der Waals surface area contributed by atoms with E-state index >= 15 is 0 Å². The normalized spacial score (nSPS) is 10.3. The van der Waals surface area contributed by atoms with Crippen molar-refractivity contribution in [3.8, 4) is 5.75 Å². The van der Waals surface area contributed by atoms with Gasteiger partial charge in [0.15, 0.2) is 0 Å². The van der Waals surface area contributed by atoms with Crippen molar-refractivity contribution in [2.45, 2.75) is 13.8 Å². The van der Waals surface area contributed by atoms with Crippen molar-refractivity contribution in [2.24, 2.45) is 0 Å². The highest BCUT2D eigenvalue weighted by Crippen LogP contribution is 2.19. The lowest BCUT2D eigenvalue weighted by molar-refractivity contribution is 0.154. The molecule has 1 N–H and O–H groups in total. The summed E-state index contributed by atoms with van der Waals surface area (Å²) >= 11 is 0. The summed E-state index contributed by atoms with van der Waals surface area (Å²) in [6.45, 7) is 7.32. The van der Waals surface area contributed by atoms with Gasteiger partial charge in [0.05, 0.1) is 6.61 Å². The Hall–Kier alpha value is -1.22. The van der Waals surface area contributed by atoms with Crippen molar-refractivity contribution < 1.29 is 9.84 Å². The van der Waals surface area contributed by atoms with E-state index in [1.54, 1.807) is 12.1 Å². The van der Waals surface area contributed by atoms with Crippen LogP contribution in [0.25, 0.3) is 0 Å². The summed E-state index contributed by atoms with van der Waals surface area (Å²) in [5.74, 6) is 0.308. The van der Waals surface area contributed by atoms with Gasteiger partial charge < -0.3 is 14.7 Å². The SMILES string of the molecule is CCOCCN(CC)c1cccc(O)c1. The van der Waals surface area contributed by atoms with Crippen molar-refractivity contribution in [3.05, 3.63) is 24.3 Å². The second-order valence-electron chi connectivity index (χ2n) is 3.30. The van der Waals surface area contributed by atoms with Gasteiger partial charge in [-0.1, -0.05) is 6.07 Å². The zero-order valence-corrected chi connectivity index (χ0v) is 9.44. The van der Waals surface area contributed by atoms with Gasteiger partial charge in [-0.15, -0.1) is 0 Å². The molecule has 0 spiro atoms. The molecule has 0 atom stereocenters. The number of anilines is 1. The fourth-order valence-electron chi connectivity index (χ4n) is 1.48. The van der Waals surface area contributed by atoms with Crippen molar-refractivity contribution in [1.29, 1.82) is 0 Å². The summed E-state index contributed by atoms with van der Waals surface area (Å²) in [5, 5.41) is 9.37. The summed E-state index contributed by atoms with van der Waals surface area (Å²) in [5.41, 5.74) is 1.04. The third-order valence-corrected chi connectivity index (χ3v) is 2.29. The molecule has 3 heteroatoms. The molecule has 0 bridgehead atoms. The summed E-state index contributed by atoms with van der Waals surface area (Å²) in [6.07, 6.45) is 0. The van der Waals surface area contributed by atoms with Gasteiger partial charge in [-0.25, -0.2) is 0 Å². The molecule has 0 fully saturated rings. The Morgan fingerprint density at radius 3 is 2.73 bits per heavy atom. The fourth-order valence-corrected chi connectivity index (χ4v) is 1.48. The molecule has 0 unspecified atom stereocenters. The zero-order chi connectivity index (χ0) is 11.1. The third-order valence-electron chi connectivity index (χ3n) is 2.29. The van der Waals surface area contributed by atoms with Crippen LogP contribution in [0.4, 0.5) is 5.69 Å². The van der Waals surface area contributed by atoms with Crippen LogP contribution in [-0.2, 0) is 4.74 Å². The van der Waals surface area contributed by atoms with Gasteiger partial charge in [0.25, 0.3) is 0 Å². The van der Waals surface area contributed by atoms with Crippen LogP contribution in [0.1, 0.15) is 13.8 Å². The molecule has 0 amide bonds. The number of benzene rings is 1. The fraction of sp³-hybridized carbons (Fsp3) is 0.500. The average molecular weight is 209 g/mol. The molecule has 1 aromatic carbocycles. The number of hydrogen-bond donors (Lipinski definition) is 1. The number of phenols is 1. The van der Waals surface area contributed by atoms with Crippen molar-refractivity contribution in [1.82, 2.24) is 0 Å². The predicted molar refractivity (Wildman–Crippen MR) is 62.5 cm³/mol. The minimum absolute atomic E-state index is 0.308. The van der Waals surface area contributed by atoms with E-state index in [2.05, 4.69) is 11.8 Å². The molecule has 0 radical (unpaired) electrons. The van der Waals surface area contributed by atoms with Crippen molar-refractivity contribution in [2.75, 3.05) is 31.2 Å². The van der Waals surface area contributed by atoms with E-state index in [-0.39, 0.29) is 0 Å². The Balaban J connectivity index is 2.57. The van der Waals surface area contributed by atoms with Gasteiger partial charge in [0, 0.05) is 31.5 Å². The summed E-state index contributed by atoms with van der Waals surface area (Å²) in [7, 11) is 0. The molecule has 1 rings (SSSR count). The van der Waals surface area contributed by atoms with Crippen LogP contribution in [0.3, 0.4) is 0 Å². The van der Waals surface area contributed by atoms with Crippen molar-refractivity contribution in [3.63, 3.8) is 0 Å². The molecule has 0 aromatic heterocycles. The molecule has 15 heavy (non-hydrogen) atoms. The minimum Gasteiger partial charge on any atom is -0.508 e. The highest BCUT2D eigenvalue weighted by atomic mass is 16.5. The van der Waals surface area contributed by atoms with E-state index in [4.69, 9.17) is 4.74 Å². The van der Waals surface area contributed by atoms with E-state index in [9.17, 15) is 5.11 Å². The predicted octanol–water partition coefficient (Wildman–Crippen LogP) is 2.25. The highest BCUT2D eigenvalue weighted by Gasteiger charge is 2.03. The van der Waals surface area contributed by atoms with Crippen LogP contribution in [0.15, 0.2) is 24.3 Å². The van der Waals surface area contributed by atoms with Gasteiger partial charge in [-0.3, -0.25) is 0 Å². The Kier molecular flexibility index (Phi) is 4.98. The van der Waals surface area contributed by atoms with Gasteiger partial charge >= 0.3 is 0 Å². The number of rotatable bonds is 6. The van der Waals surface area contributed by atoms with Crippen LogP contribution < -0.4 is 4.90 Å². The van der Waals surface area contributed by atoms with Crippen molar-refractivity contribution >= 4 is 5.69 Å². The number of likely N-dealkylation sites (N-methyl/N-ethyl adjacent to an activating group) is 1. The average Bonchev–Trinajstić information content (AvgIpc) is 2.24. The Morgan fingerprint density at radius 1 is 1.33 bits per heavy atom. The second kappa shape index (κ2) is 6.30. The molecule has 0 heterocycles. The molecule has 84 valence electrons.